The first-order chi connectivity index (χ1) is 12.2. The van der Waals surface area contributed by atoms with E-state index in [9.17, 15) is 10.0 Å². The third-order valence-corrected chi connectivity index (χ3v) is 4.84. The molecule has 1 aliphatic heterocycles. The highest BCUT2D eigenvalue weighted by Gasteiger charge is 2.25. The van der Waals surface area contributed by atoms with E-state index in [2.05, 4.69) is 39.2 Å². The summed E-state index contributed by atoms with van der Waals surface area (Å²) < 4.78 is 1.76. The van der Waals surface area contributed by atoms with Crippen LogP contribution in [-0.2, 0) is 6.54 Å². The van der Waals surface area contributed by atoms with E-state index in [1.165, 1.54) is 5.56 Å². The Kier molecular flexibility index (Phi) is 4.52. The van der Waals surface area contributed by atoms with Gasteiger partial charge in [-0.1, -0.05) is 30.3 Å². The maximum absolute atomic E-state index is 9.38. The van der Waals surface area contributed by atoms with Crippen molar-refractivity contribution in [2.24, 2.45) is 0 Å². The van der Waals surface area contributed by atoms with Gasteiger partial charge in [-0.25, -0.2) is 9.50 Å². The molecular formula is C18H21BN4O2. The van der Waals surface area contributed by atoms with Crippen LogP contribution in [0.5, 0.6) is 0 Å². The molecule has 1 unspecified atom stereocenters. The molecule has 0 radical (unpaired) electrons. The Morgan fingerprint density at radius 3 is 2.80 bits per heavy atom. The molecular weight excluding hydrogens is 315 g/mol. The fourth-order valence-corrected chi connectivity index (χ4v) is 3.65. The highest BCUT2D eigenvalue weighted by atomic mass is 16.4. The van der Waals surface area contributed by atoms with Crippen LogP contribution >= 0.6 is 0 Å². The van der Waals surface area contributed by atoms with Gasteiger partial charge in [0.25, 0.3) is 0 Å². The van der Waals surface area contributed by atoms with E-state index in [0.29, 0.717) is 11.6 Å². The van der Waals surface area contributed by atoms with E-state index in [1.807, 2.05) is 12.1 Å². The summed E-state index contributed by atoms with van der Waals surface area (Å²) in [6.07, 6.45) is 4.01. The Morgan fingerprint density at radius 2 is 2.00 bits per heavy atom. The predicted molar refractivity (Wildman–Crippen MR) is 96.5 cm³/mol. The van der Waals surface area contributed by atoms with Gasteiger partial charge in [0.2, 0.25) is 0 Å². The molecule has 2 N–H and O–H groups in total. The highest BCUT2D eigenvalue weighted by molar-refractivity contribution is 6.57. The molecule has 1 atom stereocenters. The largest absolute Gasteiger partial charge is 0.510 e. The third kappa shape index (κ3) is 3.44. The van der Waals surface area contributed by atoms with Crippen molar-refractivity contribution in [2.45, 2.75) is 25.3 Å². The van der Waals surface area contributed by atoms with Crippen molar-refractivity contribution in [1.82, 2.24) is 19.5 Å². The van der Waals surface area contributed by atoms with Gasteiger partial charge in [0.05, 0.1) is 11.3 Å². The topological polar surface area (TPSA) is 73.9 Å². The van der Waals surface area contributed by atoms with Crippen LogP contribution in [0.1, 0.15) is 30.0 Å². The summed E-state index contributed by atoms with van der Waals surface area (Å²) in [7, 11) is -1.57. The van der Waals surface area contributed by atoms with Gasteiger partial charge in [0, 0.05) is 31.3 Å². The van der Waals surface area contributed by atoms with Crippen LogP contribution in [0.4, 0.5) is 0 Å². The zero-order chi connectivity index (χ0) is 17.2. The molecule has 0 saturated carbocycles. The van der Waals surface area contributed by atoms with Gasteiger partial charge in [-0.05, 0) is 31.0 Å². The van der Waals surface area contributed by atoms with Crippen LogP contribution in [0.3, 0.4) is 0 Å². The zero-order valence-corrected chi connectivity index (χ0v) is 14.0. The van der Waals surface area contributed by atoms with Gasteiger partial charge < -0.3 is 10.0 Å². The van der Waals surface area contributed by atoms with Crippen molar-refractivity contribution in [3.63, 3.8) is 0 Å². The van der Waals surface area contributed by atoms with E-state index in [-0.39, 0.29) is 5.59 Å². The summed E-state index contributed by atoms with van der Waals surface area (Å²) >= 11 is 0. The maximum atomic E-state index is 9.38. The minimum Gasteiger partial charge on any atom is -0.422 e. The molecule has 6 nitrogen and oxygen atoms in total. The van der Waals surface area contributed by atoms with Crippen molar-refractivity contribution in [3.05, 3.63) is 59.9 Å². The Labute approximate surface area is 146 Å². The summed E-state index contributed by atoms with van der Waals surface area (Å²) in [4.78, 5) is 6.76. The Hall–Kier alpha value is -2.22. The monoisotopic (exact) mass is 336 g/mol. The average Bonchev–Trinajstić information content (AvgIpc) is 3.07. The smallest absolute Gasteiger partial charge is 0.422 e. The highest BCUT2D eigenvalue weighted by Crippen LogP contribution is 2.27. The second-order valence-corrected chi connectivity index (χ2v) is 6.64. The SMILES string of the molecule is OB(O)c1cc2nccc(C3CCCN(Cc4ccccc4)C3)n2n1. The standard InChI is InChI=1S/C18H21BN4O2/c24-19(25)17-11-18-20-9-8-16(23(18)21-17)15-7-4-10-22(13-15)12-14-5-2-1-3-6-14/h1-3,5-6,8-9,11,15,24-25H,4,7,10,12-13H2. The van der Waals surface area contributed by atoms with Gasteiger partial charge in [0.15, 0.2) is 5.65 Å². The molecule has 2 aromatic heterocycles. The quantitative estimate of drug-likeness (QED) is 0.689. The molecule has 1 aromatic carbocycles. The lowest BCUT2D eigenvalue weighted by Gasteiger charge is -2.33. The Bertz CT molecular complexity index is 853. The molecule has 7 heteroatoms. The van der Waals surface area contributed by atoms with Gasteiger partial charge in [-0.2, -0.15) is 5.10 Å². The number of aromatic nitrogens is 3. The van der Waals surface area contributed by atoms with Crippen molar-refractivity contribution in [3.8, 4) is 0 Å². The molecule has 1 fully saturated rings. The molecule has 1 saturated heterocycles. The first-order valence-corrected chi connectivity index (χ1v) is 8.68. The fourth-order valence-electron chi connectivity index (χ4n) is 3.65. The second-order valence-electron chi connectivity index (χ2n) is 6.64. The number of rotatable bonds is 4. The van der Waals surface area contributed by atoms with Gasteiger partial charge in [-0.3, -0.25) is 4.90 Å². The normalized spacial score (nSPS) is 18.6. The summed E-state index contributed by atoms with van der Waals surface area (Å²) in [5.74, 6) is 0.353. The number of benzene rings is 1. The number of hydrogen-bond acceptors (Lipinski definition) is 5. The average molecular weight is 336 g/mol. The van der Waals surface area contributed by atoms with Crippen LogP contribution in [0.2, 0.25) is 0 Å². The number of hydrogen-bond donors (Lipinski definition) is 2. The minimum absolute atomic E-state index is 0.233. The first-order valence-electron chi connectivity index (χ1n) is 8.68. The van der Waals surface area contributed by atoms with Crippen molar-refractivity contribution < 1.29 is 10.0 Å². The molecule has 4 rings (SSSR count). The minimum atomic E-state index is -1.57. The lowest BCUT2D eigenvalue weighted by molar-refractivity contribution is 0.197. The van der Waals surface area contributed by atoms with Crippen LogP contribution < -0.4 is 5.59 Å². The molecule has 0 amide bonds. The Balaban J connectivity index is 1.58. The van der Waals surface area contributed by atoms with E-state index in [0.717, 1.165) is 38.2 Å². The lowest BCUT2D eigenvalue weighted by atomic mass is 9.87. The number of nitrogens with zero attached hydrogens (tertiary/aromatic N) is 4. The second kappa shape index (κ2) is 6.96. The van der Waals surface area contributed by atoms with Gasteiger partial charge in [-0.15, -0.1) is 0 Å². The summed E-state index contributed by atoms with van der Waals surface area (Å²) in [5.41, 5.74) is 3.29. The fraction of sp³-hybridized carbons (Fsp3) is 0.333. The zero-order valence-electron chi connectivity index (χ0n) is 14.0. The third-order valence-electron chi connectivity index (χ3n) is 4.84. The van der Waals surface area contributed by atoms with Crippen LogP contribution in [-0.4, -0.2) is 49.8 Å². The van der Waals surface area contributed by atoms with E-state index >= 15 is 0 Å². The molecule has 0 bridgehead atoms. The van der Waals surface area contributed by atoms with Crippen LogP contribution in [0, 0.1) is 0 Å². The molecule has 25 heavy (non-hydrogen) atoms. The van der Waals surface area contributed by atoms with Gasteiger partial charge >= 0.3 is 7.12 Å². The summed E-state index contributed by atoms with van der Waals surface area (Å²) in [6.45, 7) is 3.01. The molecule has 0 spiro atoms. The molecule has 3 aromatic rings. The van der Waals surface area contributed by atoms with Crippen LogP contribution in [0.15, 0.2) is 48.7 Å². The summed E-state index contributed by atoms with van der Waals surface area (Å²) in [5, 5.41) is 23.1. The number of piperidine rings is 1. The van der Waals surface area contributed by atoms with Crippen molar-refractivity contribution in [1.29, 1.82) is 0 Å². The van der Waals surface area contributed by atoms with Crippen molar-refractivity contribution >= 4 is 18.4 Å². The Morgan fingerprint density at radius 1 is 1.16 bits per heavy atom. The van der Waals surface area contributed by atoms with Gasteiger partial charge in [0.1, 0.15) is 0 Å². The molecule has 128 valence electrons. The van der Waals surface area contributed by atoms with E-state index in [4.69, 9.17) is 0 Å². The molecule has 0 aliphatic carbocycles. The maximum Gasteiger partial charge on any atom is 0.510 e. The lowest BCUT2D eigenvalue weighted by Crippen LogP contribution is -2.35. The summed E-state index contributed by atoms with van der Waals surface area (Å²) in [6, 6.07) is 14.1. The molecule has 1 aliphatic rings. The van der Waals surface area contributed by atoms with E-state index in [1.54, 1.807) is 16.8 Å². The first kappa shape index (κ1) is 16.3. The molecule has 3 heterocycles. The number of likely N-dealkylation sites (tertiary alicyclic amines) is 1. The van der Waals surface area contributed by atoms with E-state index < -0.39 is 7.12 Å². The van der Waals surface area contributed by atoms with Crippen LogP contribution in [0.25, 0.3) is 5.65 Å². The van der Waals surface area contributed by atoms with Crippen molar-refractivity contribution in [2.75, 3.05) is 13.1 Å². The predicted octanol–water partition coefficient (Wildman–Crippen LogP) is 0.789. The number of fused-ring (bicyclic) bond motifs is 1.